The van der Waals surface area contributed by atoms with Gasteiger partial charge in [-0.25, -0.2) is 0 Å². The molecule has 1 aromatic heterocycles. The molecule has 2 rings (SSSR count). The molecule has 3 unspecified atom stereocenters. The van der Waals surface area contributed by atoms with Crippen molar-refractivity contribution in [3.05, 3.63) is 18.0 Å². The molecule has 0 aromatic carbocycles. The van der Waals surface area contributed by atoms with Crippen LogP contribution >= 0.6 is 0 Å². The van der Waals surface area contributed by atoms with Crippen molar-refractivity contribution in [1.29, 1.82) is 0 Å². The number of piperidine rings is 1. The first kappa shape index (κ1) is 14.5. The zero-order valence-corrected chi connectivity index (χ0v) is 12.5. The predicted octanol–water partition coefficient (Wildman–Crippen LogP) is 1.31. The fraction of sp³-hybridized carbons (Fsp3) is 0.786. The monoisotopic (exact) mass is 266 g/mol. The van der Waals surface area contributed by atoms with Crippen LogP contribution in [0.3, 0.4) is 0 Å². The standard InChI is InChI=1S/C14H26N4O/c1-11(15)13(12-8-16-17(3)9-12)18-7-5-6-14(2,10-18)19-4/h8-9,11,13H,5-7,10,15H2,1-4H3. The molecule has 5 heteroatoms. The molecule has 1 aliphatic rings. The van der Waals surface area contributed by atoms with Crippen molar-refractivity contribution in [3.8, 4) is 0 Å². The van der Waals surface area contributed by atoms with Crippen LogP contribution in [0.1, 0.15) is 38.3 Å². The molecule has 1 saturated heterocycles. The van der Waals surface area contributed by atoms with Gasteiger partial charge in [0, 0.05) is 38.5 Å². The Hall–Kier alpha value is -0.910. The maximum Gasteiger partial charge on any atom is 0.0777 e. The molecule has 0 radical (unpaired) electrons. The second kappa shape index (κ2) is 5.61. The summed E-state index contributed by atoms with van der Waals surface area (Å²) < 4.78 is 7.51. The average Bonchev–Trinajstić information content (AvgIpc) is 2.75. The Balaban J connectivity index is 2.20. The number of methoxy groups -OCH3 is 1. The summed E-state index contributed by atoms with van der Waals surface area (Å²) in [5.74, 6) is 0. The summed E-state index contributed by atoms with van der Waals surface area (Å²) in [6.07, 6.45) is 6.24. The van der Waals surface area contributed by atoms with Crippen LogP contribution in [-0.4, -0.2) is 46.5 Å². The molecule has 1 fully saturated rings. The molecular weight excluding hydrogens is 240 g/mol. The van der Waals surface area contributed by atoms with Gasteiger partial charge in [0.25, 0.3) is 0 Å². The molecule has 1 aromatic rings. The normalized spacial score (nSPS) is 28.3. The van der Waals surface area contributed by atoms with Gasteiger partial charge in [-0.2, -0.15) is 5.10 Å². The second-order valence-corrected chi connectivity index (χ2v) is 5.98. The number of aryl methyl sites for hydroxylation is 1. The highest BCUT2D eigenvalue weighted by Gasteiger charge is 2.36. The third kappa shape index (κ3) is 3.16. The van der Waals surface area contributed by atoms with Crippen LogP contribution < -0.4 is 5.73 Å². The van der Waals surface area contributed by atoms with E-state index in [1.165, 1.54) is 5.56 Å². The van der Waals surface area contributed by atoms with E-state index in [4.69, 9.17) is 10.5 Å². The van der Waals surface area contributed by atoms with Crippen LogP contribution in [-0.2, 0) is 11.8 Å². The zero-order valence-electron chi connectivity index (χ0n) is 12.5. The van der Waals surface area contributed by atoms with Gasteiger partial charge in [-0.1, -0.05) is 0 Å². The van der Waals surface area contributed by atoms with Crippen molar-refractivity contribution in [2.24, 2.45) is 12.8 Å². The fourth-order valence-electron chi connectivity index (χ4n) is 3.09. The van der Waals surface area contributed by atoms with Gasteiger partial charge in [0.15, 0.2) is 0 Å². The number of nitrogens with two attached hydrogens (primary N) is 1. The van der Waals surface area contributed by atoms with Gasteiger partial charge < -0.3 is 10.5 Å². The lowest BCUT2D eigenvalue weighted by Gasteiger charge is -2.44. The molecule has 0 aliphatic carbocycles. The Morgan fingerprint density at radius 2 is 2.26 bits per heavy atom. The number of aromatic nitrogens is 2. The summed E-state index contributed by atoms with van der Waals surface area (Å²) >= 11 is 0. The minimum absolute atomic E-state index is 0.0619. The van der Waals surface area contributed by atoms with Crippen molar-refractivity contribution in [2.45, 2.75) is 44.4 Å². The number of ether oxygens (including phenoxy) is 1. The van der Waals surface area contributed by atoms with Crippen LogP contribution in [0.5, 0.6) is 0 Å². The summed E-state index contributed by atoms with van der Waals surface area (Å²) in [7, 11) is 3.74. The maximum absolute atomic E-state index is 6.22. The summed E-state index contributed by atoms with van der Waals surface area (Å²) in [6.45, 7) is 6.24. The van der Waals surface area contributed by atoms with Gasteiger partial charge in [-0.05, 0) is 33.2 Å². The summed E-state index contributed by atoms with van der Waals surface area (Å²) in [4.78, 5) is 2.44. The zero-order chi connectivity index (χ0) is 14.0. The molecule has 19 heavy (non-hydrogen) atoms. The molecule has 2 heterocycles. The molecule has 3 atom stereocenters. The molecule has 0 bridgehead atoms. The van der Waals surface area contributed by atoms with E-state index >= 15 is 0 Å². The lowest BCUT2D eigenvalue weighted by atomic mass is 9.91. The highest BCUT2D eigenvalue weighted by atomic mass is 16.5. The van der Waals surface area contributed by atoms with E-state index in [9.17, 15) is 0 Å². The van der Waals surface area contributed by atoms with Crippen LogP contribution in [0.4, 0.5) is 0 Å². The Labute approximate surface area is 115 Å². The lowest BCUT2D eigenvalue weighted by molar-refractivity contribution is -0.0637. The Morgan fingerprint density at radius 3 is 2.79 bits per heavy atom. The lowest BCUT2D eigenvalue weighted by Crippen LogP contribution is -2.51. The van der Waals surface area contributed by atoms with E-state index in [2.05, 4.69) is 30.0 Å². The van der Waals surface area contributed by atoms with Crippen LogP contribution in [0.15, 0.2) is 12.4 Å². The van der Waals surface area contributed by atoms with Gasteiger partial charge >= 0.3 is 0 Å². The van der Waals surface area contributed by atoms with Crippen molar-refractivity contribution in [2.75, 3.05) is 20.2 Å². The Morgan fingerprint density at radius 1 is 1.53 bits per heavy atom. The largest absolute Gasteiger partial charge is 0.377 e. The third-order valence-electron chi connectivity index (χ3n) is 4.14. The molecule has 5 nitrogen and oxygen atoms in total. The molecule has 0 saturated carbocycles. The second-order valence-electron chi connectivity index (χ2n) is 5.98. The first-order chi connectivity index (χ1) is 8.95. The smallest absolute Gasteiger partial charge is 0.0777 e. The number of likely N-dealkylation sites (tertiary alicyclic amines) is 1. The summed E-state index contributed by atoms with van der Waals surface area (Å²) in [5.41, 5.74) is 7.35. The van der Waals surface area contributed by atoms with Crippen molar-refractivity contribution < 1.29 is 4.74 Å². The quantitative estimate of drug-likeness (QED) is 0.892. The Bertz CT molecular complexity index is 417. The summed E-state index contributed by atoms with van der Waals surface area (Å²) in [5, 5.41) is 4.27. The average molecular weight is 266 g/mol. The van der Waals surface area contributed by atoms with Crippen LogP contribution in [0.25, 0.3) is 0 Å². The van der Waals surface area contributed by atoms with E-state index in [0.717, 1.165) is 25.9 Å². The molecule has 2 N–H and O–H groups in total. The first-order valence-electron chi connectivity index (χ1n) is 6.98. The molecule has 0 spiro atoms. The number of rotatable bonds is 4. The number of hydrogen-bond donors (Lipinski definition) is 1. The topological polar surface area (TPSA) is 56.3 Å². The van der Waals surface area contributed by atoms with Crippen molar-refractivity contribution >= 4 is 0 Å². The van der Waals surface area contributed by atoms with Gasteiger partial charge in [0.2, 0.25) is 0 Å². The molecule has 0 amide bonds. The highest BCUT2D eigenvalue weighted by Crippen LogP contribution is 2.31. The van der Waals surface area contributed by atoms with E-state index < -0.39 is 0 Å². The van der Waals surface area contributed by atoms with Gasteiger partial charge in [-0.3, -0.25) is 9.58 Å². The van der Waals surface area contributed by atoms with Gasteiger partial charge in [-0.15, -0.1) is 0 Å². The van der Waals surface area contributed by atoms with Crippen LogP contribution in [0.2, 0.25) is 0 Å². The minimum Gasteiger partial charge on any atom is -0.377 e. The van der Waals surface area contributed by atoms with E-state index in [1.807, 2.05) is 17.9 Å². The summed E-state index contributed by atoms with van der Waals surface area (Å²) in [6, 6.07) is 0.284. The fourth-order valence-corrected chi connectivity index (χ4v) is 3.09. The van der Waals surface area contributed by atoms with Gasteiger partial charge in [0.1, 0.15) is 0 Å². The number of hydrogen-bond acceptors (Lipinski definition) is 4. The van der Waals surface area contributed by atoms with Crippen molar-refractivity contribution in [1.82, 2.24) is 14.7 Å². The molecular formula is C14H26N4O. The van der Waals surface area contributed by atoms with E-state index in [1.54, 1.807) is 7.11 Å². The predicted molar refractivity (Wildman–Crippen MR) is 75.8 cm³/mol. The first-order valence-corrected chi connectivity index (χ1v) is 6.98. The van der Waals surface area contributed by atoms with E-state index in [0.29, 0.717) is 0 Å². The SMILES string of the molecule is COC1(C)CCCN(C(c2cnn(C)c2)C(C)N)C1. The Kier molecular flexibility index (Phi) is 4.28. The highest BCUT2D eigenvalue weighted by molar-refractivity contribution is 5.14. The minimum atomic E-state index is -0.0619. The third-order valence-corrected chi connectivity index (χ3v) is 4.14. The van der Waals surface area contributed by atoms with E-state index in [-0.39, 0.29) is 17.7 Å². The van der Waals surface area contributed by atoms with Gasteiger partial charge in [0.05, 0.1) is 17.8 Å². The maximum atomic E-state index is 6.22. The van der Waals surface area contributed by atoms with Crippen molar-refractivity contribution in [3.63, 3.8) is 0 Å². The van der Waals surface area contributed by atoms with Crippen LogP contribution in [0, 0.1) is 0 Å². The molecule has 108 valence electrons. The number of nitrogens with zero attached hydrogens (tertiary/aromatic N) is 3. The molecule has 1 aliphatic heterocycles.